The largest absolute Gasteiger partial charge is 0.507 e. The first-order chi connectivity index (χ1) is 39.9. The molecule has 7 atom stereocenters. The van der Waals surface area contributed by atoms with E-state index >= 15 is 4.39 Å². The Bertz CT molecular complexity index is 3520. The molecular weight excluding hydrogens is 1080 g/mol. The molecule has 2 saturated heterocycles. The van der Waals surface area contributed by atoms with Crippen LogP contribution in [-0.2, 0) is 23.8 Å². The van der Waals surface area contributed by atoms with Crippen LogP contribution in [-0.4, -0.2) is 146 Å². The molecule has 5 bridgehead atoms. The lowest BCUT2D eigenvalue weighted by molar-refractivity contribution is -0.153. The number of phenols is 3. The van der Waals surface area contributed by atoms with Crippen molar-refractivity contribution >= 4 is 57.5 Å². The van der Waals surface area contributed by atoms with Crippen LogP contribution in [0.2, 0.25) is 0 Å². The number of anilines is 2. The summed E-state index contributed by atoms with van der Waals surface area (Å²) in [5.41, 5.74) is 0.861. The fraction of sp³-hybridized carbons (Fsp3) is 0.524. The highest BCUT2D eigenvalue weighted by Crippen LogP contribution is 2.56. The van der Waals surface area contributed by atoms with Gasteiger partial charge in [-0.3, -0.25) is 33.5 Å². The standard InChI is InChI=1S/C63H77FN6O14/c1-32-11-10-12-33(2)59(77)66-51-44(55(74)48-49(56(51)75)54(73)36(5)57-50(48)58(76)62(7,84-57)82-26-20-46(81-9)34(3)47(83-37(6)71)27-41(72)16-13-32)29-65-69-24-18-40(19-25-69)67(8)63(21-22-63)39-17-23-68(30-39)53-35(4)52-42(38-14-15-38)28-43(61(79)80)60(78)70(52)31-45(53)64/h10-12,20,26,28-29,31-32,34,38-41,46-47,72-75H,13-19,21-25,27,30H2,1-9H3,(H,66,77)(H,79,80)/b11-10+,26-20+,33-12-,65-29+/t32-,34+,39?,41+,46-,47-,62-/m0/s1. The van der Waals surface area contributed by atoms with Gasteiger partial charge in [-0.25, -0.2) is 9.18 Å². The van der Waals surface area contributed by atoms with E-state index in [0.29, 0.717) is 68.6 Å². The van der Waals surface area contributed by atoms with Crippen molar-refractivity contribution in [1.82, 2.24) is 14.3 Å². The van der Waals surface area contributed by atoms with Crippen LogP contribution in [0.4, 0.5) is 15.8 Å². The van der Waals surface area contributed by atoms with Gasteiger partial charge >= 0.3 is 17.7 Å². The maximum absolute atomic E-state index is 16.3. The van der Waals surface area contributed by atoms with Crippen molar-refractivity contribution in [2.75, 3.05) is 50.6 Å². The molecule has 1 amide bonds. The Hall–Kier alpha value is -7.49. The van der Waals surface area contributed by atoms with Gasteiger partial charge in [0.25, 0.3) is 17.2 Å². The zero-order valence-electron chi connectivity index (χ0n) is 49.2. The van der Waals surface area contributed by atoms with Crippen molar-refractivity contribution in [1.29, 1.82) is 0 Å². The molecule has 2 saturated carbocycles. The van der Waals surface area contributed by atoms with Crippen LogP contribution in [0, 0.1) is 37.4 Å². The molecule has 4 fully saturated rings. The van der Waals surface area contributed by atoms with Crippen molar-refractivity contribution in [3.05, 3.63) is 98.0 Å². The number of benzene rings is 2. The Morgan fingerprint density at radius 2 is 1.65 bits per heavy atom. The van der Waals surface area contributed by atoms with Crippen LogP contribution in [0.25, 0.3) is 16.3 Å². The first-order valence-corrected chi connectivity index (χ1v) is 29.2. The summed E-state index contributed by atoms with van der Waals surface area (Å²) in [7, 11) is 3.62. The summed E-state index contributed by atoms with van der Waals surface area (Å²) in [5.74, 6) is -7.97. The van der Waals surface area contributed by atoms with Crippen molar-refractivity contribution < 1.29 is 68.0 Å². The maximum Gasteiger partial charge on any atom is 0.341 e. The lowest BCUT2D eigenvalue weighted by atomic mass is 9.91. The molecule has 20 nitrogen and oxygen atoms in total. The molecule has 0 spiro atoms. The molecule has 7 heterocycles. The number of nitrogens with one attached hydrogen (secondary N) is 1. The highest BCUT2D eigenvalue weighted by molar-refractivity contribution is 6.24. The van der Waals surface area contributed by atoms with E-state index in [9.17, 15) is 49.5 Å². The fourth-order valence-electron chi connectivity index (χ4n) is 13.4. The number of aliphatic hydroxyl groups is 1. The number of hydrogen-bond donors (Lipinski definition) is 6. The van der Waals surface area contributed by atoms with Crippen LogP contribution in [0.5, 0.6) is 23.0 Å². The number of esters is 1. The zero-order chi connectivity index (χ0) is 60.4. The SMILES string of the molecule is CO[C@H]1/C=C/O[C@@]2(C)Oc3c(C)c(O)c4c(O)c(c(/C=N/N5CCC(N(C)C6(C7CCN(c8c(F)cn9c(=O)c(C(=O)O)cc(C%10CC%10)c9c8C)C7)CC6)CC5)c(O)c4c3C2=O)NC(=O)/C(C)=C\C=C\[C@H](C)CC[C@@H](O)C[C@H](OC(C)=O)[C@@H]1C. The quantitative estimate of drug-likeness (QED) is 0.0375. The number of halogens is 1. The van der Waals surface area contributed by atoms with Gasteiger partial charge in [-0.2, -0.15) is 5.10 Å². The van der Waals surface area contributed by atoms with Gasteiger partial charge < -0.3 is 54.7 Å². The van der Waals surface area contributed by atoms with E-state index in [1.54, 1.807) is 26.0 Å². The number of phenolic OH excluding ortho intramolecular Hbond substituents is 3. The van der Waals surface area contributed by atoms with E-state index in [4.69, 9.17) is 24.0 Å². The number of pyridine rings is 2. The number of ketones is 1. The van der Waals surface area contributed by atoms with E-state index in [0.717, 1.165) is 43.9 Å². The number of hydrazone groups is 1. The highest BCUT2D eigenvalue weighted by atomic mass is 19.1. The van der Waals surface area contributed by atoms with Crippen LogP contribution in [0.15, 0.2) is 58.3 Å². The molecule has 6 N–H and O–H groups in total. The van der Waals surface area contributed by atoms with Gasteiger partial charge in [0, 0.05) is 87.6 Å². The number of aryl methyl sites for hydroxylation is 1. The number of aromatic nitrogens is 1. The molecule has 7 aliphatic rings. The van der Waals surface area contributed by atoms with Gasteiger partial charge in [0.05, 0.1) is 64.3 Å². The summed E-state index contributed by atoms with van der Waals surface area (Å²) in [5, 5.41) is 66.4. The van der Waals surface area contributed by atoms with Gasteiger partial charge in [-0.1, -0.05) is 32.1 Å². The molecule has 2 aromatic heterocycles. The fourth-order valence-corrected chi connectivity index (χ4v) is 13.4. The first-order valence-electron chi connectivity index (χ1n) is 29.2. The Kier molecular flexibility index (Phi) is 16.5. The second-order valence-electron chi connectivity index (χ2n) is 24.2. The number of Topliss-reactive ketones (excluding diaryl/α,β-unsaturated/α-hetero) is 1. The number of piperidine rings is 1. The van der Waals surface area contributed by atoms with Gasteiger partial charge in [0.2, 0.25) is 0 Å². The number of carbonyl (C=O) groups is 4. The molecule has 450 valence electrons. The van der Waals surface area contributed by atoms with Crippen LogP contribution >= 0.6 is 0 Å². The molecule has 11 rings (SSSR count). The van der Waals surface area contributed by atoms with Crippen LogP contribution < -0.4 is 20.5 Å². The minimum absolute atomic E-state index is 0.0366. The number of carboxylic acid groups (broad SMARTS) is 1. The van der Waals surface area contributed by atoms with E-state index in [1.807, 2.05) is 24.9 Å². The molecule has 5 aliphatic heterocycles. The smallest absolute Gasteiger partial charge is 0.341 e. The monoisotopic (exact) mass is 1160 g/mol. The minimum atomic E-state index is -2.07. The number of aliphatic hydroxyl groups excluding tert-OH is 1. The topological polar surface area (TPSA) is 262 Å². The first kappa shape index (κ1) is 59.7. The molecule has 4 aromatic rings. The Morgan fingerprint density at radius 3 is 2.31 bits per heavy atom. The number of fused-ring (bicyclic) bond motifs is 15. The molecule has 2 aliphatic carbocycles. The lowest BCUT2D eigenvalue weighted by Crippen LogP contribution is -2.50. The normalized spacial score (nSPS) is 27.5. The third-order valence-electron chi connectivity index (χ3n) is 18.7. The number of allylic oxidation sites excluding steroid dienone is 3. The minimum Gasteiger partial charge on any atom is -0.507 e. The summed E-state index contributed by atoms with van der Waals surface area (Å²) in [6.07, 6.45) is 15.1. The maximum atomic E-state index is 16.3. The number of carboxylic acids is 1. The predicted octanol–water partition coefficient (Wildman–Crippen LogP) is 8.72. The molecule has 0 radical (unpaired) electrons. The van der Waals surface area contributed by atoms with Crippen LogP contribution in [0.3, 0.4) is 0 Å². The van der Waals surface area contributed by atoms with Crippen molar-refractivity contribution in [3.63, 3.8) is 0 Å². The number of ether oxygens (including phenoxy) is 4. The summed E-state index contributed by atoms with van der Waals surface area (Å²) in [6, 6.07) is 1.65. The number of aromatic hydroxyl groups is 3. The van der Waals surface area contributed by atoms with E-state index in [-0.39, 0.29) is 85.8 Å². The van der Waals surface area contributed by atoms with Gasteiger partial charge in [0.15, 0.2) is 11.6 Å². The summed E-state index contributed by atoms with van der Waals surface area (Å²) in [6.45, 7) is 13.5. The number of carbonyl (C=O) groups excluding carboxylic acids is 3. The molecule has 21 heteroatoms. The number of amides is 1. The van der Waals surface area contributed by atoms with E-state index < -0.39 is 82.3 Å². The predicted molar refractivity (Wildman–Crippen MR) is 313 cm³/mol. The van der Waals surface area contributed by atoms with Crippen molar-refractivity contribution in [2.45, 2.75) is 154 Å². The molecular formula is C63H77FN6O14. The second kappa shape index (κ2) is 23.2. The third-order valence-corrected chi connectivity index (χ3v) is 18.7. The molecule has 1 unspecified atom stereocenters. The Morgan fingerprint density at radius 1 is 0.940 bits per heavy atom. The Labute approximate surface area is 486 Å². The number of aromatic carboxylic acids is 1. The average molecular weight is 1160 g/mol. The number of hydrogen-bond acceptors (Lipinski definition) is 17. The number of methoxy groups -OCH3 is 1. The van der Waals surface area contributed by atoms with Gasteiger partial charge in [-0.05, 0) is 127 Å². The average Bonchev–Trinajstić information content (AvgIpc) is 1.70. The number of nitrogens with zero attached hydrogens (tertiary/aromatic N) is 5. The summed E-state index contributed by atoms with van der Waals surface area (Å²) in [4.78, 5) is 71.0. The molecule has 84 heavy (non-hydrogen) atoms. The van der Waals surface area contributed by atoms with E-state index in [1.165, 1.54) is 56.9 Å². The summed E-state index contributed by atoms with van der Waals surface area (Å²) < 4.78 is 41.2. The van der Waals surface area contributed by atoms with Gasteiger partial charge in [0.1, 0.15) is 28.9 Å². The summed E-state index contributed by atoms with van der Waals surface area (Å²) >= 11 is 0. The van der Waals surface area contributed by atoms with E-state index in [2.05, 4.69) is 22.2 Å². The lowest BCUT2D eigenvalue weighted by Gasteiger charge is -2.42. The zero-order valence-corrected chi connectivity index (χ0v) is 49.2. The highest BCUT2D eigenvalue weighted by Gasteiger charge is 2.56. The van der Waals surface area contributed by atoms with Crippen molar-refractivity contribution in [3.8, 4) is 23.0 Å². The number of rotatable bonds is 10. The van der Waals surface area contributed by atoms with Crippen molar-refractivity contribution in [2.24, 2.45) is 22.9 Å². The van der Waals surface area contributed by atoms with Gasteiger partial charge in [-0.15, -0.1) is 0 Å². The second-order valence-corrected chi connectivity index (χ2v) is 24.2. The van der Waals surface area contributed by atoms with Crippen LogP contribution in [0.1, 0.15) is 148 Å². The Balaban J connectivity index is 0.918. The molecule has 2 aromatic carbocycles. The third kappa shape index (κ3) is 11.0.